The van der Waals surface area contributed by atoms with E-state index in [2.05, 4.69) is 27.2 Å². The van der Waals surface area contributed by atoms with Gasteiger partial charge in [0.05, 0.1) is 6.04 Å². The first-order valence-corrected chi connectivity index (χ1v) is 10.3. The number of rotatable bonds is 5. The Morgan fingerprint density at radius 1 is 1.10 bits per heavy atom. The first kappa shape index (κ1) is 20.0. The number of anilines is 1. The number of amides is 1. The van der Waals surface area contributed by atoms with E-state index in [0.717, 1.165) is 55.5 Å². The van der Waals surface area contributed by atoms with Crippen LogP contribution in [-0.4, -0.2) is 54.7 Å². The molecule has 0 aliphatic carbocycles. The van der Waals surface area contributed by atoms with Crippen LogP contribution >= 0.6 is 11.6 Å². The number of ether oxygens (including phenoxy) is 2. The van der Waals surface area contributed by atoms with E-state index in [4.69, 9.17) is 21.1 Å². The molecule has 2 aliphatic heterocycles. The van der Waals surface area contributed by atoms with Crippen LogP contribution in [0.1, 0.15) is 18.1 Å². The molecular formula is C22H26ClN3O3. The van der Waals surface area contributed by atoms with E-state index < -0.39 is 0 Å². The largest absolute Gasteiger partial charge is 0.454 e. The maximum atomic E-state index is 12.7. The molecule has 1 N–H and O–H groups in total. The van der Waals surface area contributed by atoms with Gasteiger partial charge in [0, 0.05) is 43.4 Å². The van der Waals surface area contributed by atoms with E-state index in [1.54, 1.807) is 6.07 Å². The molecule has 7 heteroatoms. The number of halogens is 1. The van der Waals surface area contributed by atoms with Crippen LogP contribution in [0.25, 0.3) is 0 Å². The van der Waals surface area contributed by atoms with Gasteiger partial charge in [-0.25, -0.2) is 0 Å². The van der Waals surface area contributed by atoms with E-state index >= 15 is 0 Å². The van der Waals surface area contributed by atoms with Gasteiger partial charge in [-0.1, -0.05) is 23.7 Å². The SMILES string of the molecule is Cc1ccc(Cl)cc1NC(=O)C(C)N1CCN(Cc2ccc3c(c2)OCO3)CC1. The highest BCUT2D eigenvalue weighted by Gasteiger charge is 2.26. The molecule has 2 aromatic carbocycles. The molecule has 0 aromatic heterocycles. The van der Waals surface area contributed by atoms with Crippen LogP contribution in [0.2, 0.25) is 5.02 Å². The van der Waals surface area contributed by atoms with E-state index in [1.807, 2.05) is 32.0 Å². The summed E-state index contributed by atoms with van der Waals surface area (Å²) in [5.41, 5.74) is 2.99. The maximum Gasteiger partial charge on any atom is 0.241 e. The smallest absolute Gasteiger partial charge is 0.241 e. The van der Waals surface area contributed by atoms with Gasteiger partial charge in [-0.2, -0.15) is 0 Å². The van der Waals surface area contributed by atoms with Gasteiger partial charge < -0.3 is 14.8 Å². The Labute approximate surface area is 176 Å². The molecule has 4 rings (SSSR count). The van der Waals surface area contributed by atoms with E-state index in [1.165, 1.54) is 5.56 Å². The Hall–Kier alpha value is -2.28. The zero-order chi connectivity index (χ0) is 20.4. The number of carbonyl (C=O) groups excluding carboxylic acids is 1. The number of hydrogen-bond acceptors (Lipinski definition) is 5. The van der Waals surface area contributed by atoms with Gasteiger partial charge in [-0.3, -0.25) is 14.6 Å². The average Bonchev–Trinajstić information content (AvgIpc) is 3.18. The highest BCUT2D eigenvalue weighted by molar-refractivity contribution is 6.31. The Kier molecular flexibility index (Phi) is 5.94. The molecule has 0 radical (unpaired) electrons. The third-order valence-corrected chi connectivity index (χ3v) is 5.87. The molecule has 154 valence electrons. The second-order valence-corrected chi connectivity index (χ2v) is 8.06. The van der Waals surface area contributed by atoms with Gasteiger partial charge in [-0.15, -0.1) is 0 Å². The monoisotopic (exact) mass is 415 g/mol. The average molecular weight is 416 g/mol. The van der Waals surface area contributed by atoms with Crippen LogP contribution in [0.15, 0.2) is 36.4 Å². The van der Waals surface area contributed by atoms with Crippen LogP contribution in [0.5, 0.6) is 11.5 Å². The second kappa shape index (κ2) is 8.61. The van der Waals surface area contributed by atoms with Crippen molar-refractivity contribution in [3.8, 4) is 11.5 Å². The topological polar surface area (TPSA) is 54.0 Å². The van der Waals surface area contributed by atoms with Gasteiger partial charge >= 0.3 is 0 Å². The van der Waals surface area contributed by atoms with Crippen LogP contribution < -0.4 is 14.8 Å². The Morgan fingerprint density at radius 3 is 2.66 bits per heavy atom. The van der Waals surface area contributed by atoms with Crippen molar-refractivity contribution in [3.05, 3.63) is 52.5 Å². The summed E-state index contributed by atoms with van der Waals surface area (Å²) < 4.78 is 10.8. The minimum Gasteiger partial charge on any atom is -0.454 e. The lowest BCUT2D eigenvalue weighted by Gasteiger charge is -2.37. The molecule has 6 nitrogen and oxygen atoms in total. The van der Waals surface area contributed by atoms with E-state index in [0.29, 0.717) is 11.8 Å². The molecule has 1 atom stereocenters. The molecule has 0 spiro atoms. The van der Waals surface area contributed by atoms with Crippen molar-refractivity contribution < 1.29 is 14.3 Å². The molecule has 1 saturated heterocycles. The van der Waals surface area contributed by atoms with Crippen molar-refractivity contribution in [1.82, 2.24) is 9.80 Å². The van der Waals surface area contributed by atoms with Crippen molar-refractivity contribution in [2.45, 2.75) is 26.4 Å². The number of hydrogen-bond donors (Lipinski definition) is 1. The van der Waals surface area contributed by atoms with Crippen molar-refractivity contribution in [1.29, 1.82) is 0 Å². The fourth-order valence-corrected chi connectivity index (χ4v) is 3.91. The normalized spacial score (nSPS) is 17.9. The predicted molar refractivity (Wildman–Crippen MR) is 114 cm³/mol. The van der Waals surface area contributed by atoms with Crippen LogP contribution in [0, 0.1) is 6.92 Å². The fraction of sp³-hybridized carbons (Fsp3) is 0.409. The Bertz CT molecular complexity index is 897. The number of nitrogens with one attached hydrogen (secondary N) is 1. The minimum atomic E-state index is -0.193. The van der Waals surface area contributed by atoms with Crippen molar-refractivity contribution in [2.24, 2.45) is 0 Å². The standard InChI is InChI=1S/C22H26ClN3O3/c1-15-3-5-18(23)12-19(15)24-22(27)16(2)26-9-7-25(8-10-26)13-17-4-6-20-21(11-17)29-14-28-20/h3-6,11-12,16H,7-10,13-14H2,1-2H3,(H,24,27). The quantitative estimate of drug-likeness (QED) is 0.809. The van der Waals surface area contributed by atoms with Crippen LogP contribution in [-0.2, 0) is 11.3 Å². The van der Waals surface area contributed by atoms with Gasteiger partial charge in [-0.05, 0) is 49.2 Å². The summed E-state index contributed by atoms with van der Waals surface area (Å²) in [6.07, 6.45) is 0. The molecule has 0 saturated carbocycles. The molecule has 2 heterocycles. The summed E-state index contributed by atoms with van der Waals surface area (Å²) in [4.78, 5) is 17.4. The summed E-state index contributed by atoms with van der Waals surface area (Å²) in [7, 11) is 0. The Balaban J connectivity index is 1.29. The number of piperazine rings is 1. The number of benzene rings is 2. The van der Waals surface area contributed by atoms with E-state index in [9.17, 15) is 4.79 Å². The molecule has 29 heavy (non-hydrogen) atoms. The predicted octanol–water partition coefficient (Wildman–Crippen LogP) is 3.52. The van der Waals surface area contributed by atoms with E-state index in [-0.39, 0.29) is 11.9 Å². The summed E-state index contributed by atoms with van der Waals surface area (Å²) in [6.45, 7) is 8.64. The first-order valence-electron chi connectivity index (χ1n) is 9.91. The van der Waals surface area contributed by atoms with Gasteiger partial charge in [0.25, 0.3) is 0 Å². The summed E-state index contributed by atoms with van der Waals surface area (Å²) >= 11 is 6.06. The van der Waals surface area contributed by atoms with Crippen LogP contribution in [0.4, 0.5) is 5.69 Å². The fourth-order valence-electron chi connectivity index (χ4n) is 3.74. The first-order chi connectivity index (χ1) is 14.0. The zero-order valence-corrected chi connectivity index (χ0v) is 17.5. The summed E-state index contributed by atoms with van der Waals surface area (Å²) in [6, 6.07) is 11.5. The minimum absolute atomic E-state index is 0.000382. The molecule has 1 unspecified atom stereocenters. The molecule has 1 amide bonds. The highest BCUT2D eigenvalue weighted by atomic mass is 35.5. The van der Waals surface area contributed by atoms with Crippen molar-refractivity contribution in [2.75, 3.05) is 38.3 Å². The maximum absolute atomic E-state index is 12.7. The lowest BCUT2D eigenvalue weighted by Crippen LogP contribution is -2.52. The second-order valence-electron chi connectivity index (χ2n) is 7.62. The van der Waals surface area contributed by atoms with Crippen molar-refractivity contribution >= 4 is 23.2 Å². The number of nitrogens with zero attached hydrogens (tertiary/aromatic N) is 2. The Morgan fingerprint density at radius 2 is 1.86 bits per heavy atom. The highest BCUT2D eigenvalue weighted by Crippen LogP contribution is 2.33. The van der Waals surface area contributed by atoms with Crippen LogP contribution in [0.3, 0.4) is 0 Å². The number of carbonyl (C=O) groups is 1. The van der Waals surface area contributed by atoms with Gasteiger partial charge in [0.1, 0.15) is 0 Å². The molecule has 0 bridgehead atoms. The summed E-state index contributed by atoms with van der Waals surface area (Å²) in [5, 5.41) is 3.64. The third kappa shape index (κ3) is 4.66. The lowest BCUT2D eigenvalue weighted by molar-refractivity contribution is -0.121. The van der Waals surface area contributed by atoms with Gasteiger partial charge in [0.15, 0.2) is 11.5 Å². The molecular weight excluding hydrogens is 390 g/mol. The molecule has 2 aliphatic rings. The molecule has 1 fully saturated rings. The third-order valence-electron chi connectivity index (χ3n) is 5.63. The zero-order valence-electron chi connectivity index (χ0n) is 16.8. The number of fused-ring (bicyclic) bond motifs is 1. The van der Waals surface area contributed by atoms with Gasteiger partial charge in [0.2, 0.25) is 12.7 Å². The molecule has 2 aromatic rings. The summed E-state index contributed by atoms with van der Waals surface area (Å²) in [5.74, 6) is 1.63. The lowest BCUT2D eigenvalue weighted by atomic mass is 10.1. The van der Waals surface area contributed by atoms with Crippen molar-refractivity contribution in [3.63, 3.8) is 0 Å². The number of aryl methyl sites for hydroxylation is 1.